The summed E-state index contributed by atoms with van der Waals surface area (Å²) in [6.45, 7) is 6.05. The van der Waals surface area contributed by atoms with Gasteiger partial charge < -0.3 is 19.5 Å². The highest BCUT2D eigenvalue weighted by atomic mass is 35.5. The average molecular weight is 523 g/mol. The van der Waals surface area contributed by atoms with Gasteiger partial charge in [0.2, 0.25) is 11.8 Å². The number of aryl methyl sites for hydroxylation is 1. The van der Waals surface area contributed by atoms with Crippen LogP contribution in [0, 0.1) is 17.0 Å². The van der Waals surface area contributed by atoms with Gasteiger partial charge in [0.05, 0.1) is 21.3 Å². The minimum Gasteiger partial charge on any atom is -0.457 e. The zero-order valence-electron chi connectivity index (χ0n) is 20.6. The van der Waals surface area contributed by atoms with E-state index in [2.05, 4.69) is 10.2 Å². The number of piperazine rings is 1. The molecule has 2 amide bonds. The lowest BCUT2D eigenvalue weighted by Gasteiger charge is -2.37. The van der Waals surface area contributed by atoms with Crippen molar-refractivity contribution in [1.29, 1.82) is 0 Å². The molecule has 0 radical (unpaired) electrons. The molecule has 0 atom stereocenters. The largest absolute Gasteiger partial charge is 0.457 e. The normalized spacial score (nSPS) is 13.7. The topological polar surface area (TPSA) is 109 Å². The van der Waals surface area contributed by atoms with Crippen LogP contribution in [0.2, 0.25) is 5.02 Å². The number of nitrogens with zero attached hydrogens (tertiary/aromatic N) is 3. The molecule has 3 aromatic rings. The summed E-state index contributed by atoms with van der Waals surface area (Å²) in [7, 11) is 0. The predicted octanol–water partition coefficient (Wildman–Crippen LogP) is 5.53. The maximum atomic E-state index is 12.7. The number of benzene rings is 2. The van der Waals surface area contributed by atoms with Crippen molar-refractivity contribution in [2.45, 2.75) is 20.3 Å². The van der Waals surface area contributed by atoms with Crippen LogP contribution >= 0.6 is 11.6 Å². The van der Waals surface area contributed by atoms with Gasteiger partial charge >= 0.3 is 0 Å². The van der Waals surface area contributed by atoms with E-state index in [4.69, 9.17) is 16.0 Å². The van der Waals surface area contributed by atoms with Gasteiger partial charge in [-0.25, -0.2) is 0 Å². The maximum Gasteiger partial charge on any atom is 0.269 e. The number of halogens is 1. The minimum atomic E-state index is -0.440. The fourth-order valence-corrected chi connectivity index (χ4v) is 4.59. The highest BCUT2D eigenvalue weighted by Crippen LogP contribution is 2.35. The second kappa shape index (κ2) is 11.3. The third-order valence-electron chi connectivity index (χ3n) is 6.21. The molecule has 2 aromatic carbocycles. The Morgan fingerprint density at radius 3 is 2.57 bits per heavy atom. The van der Waals surface area contributed by atoms with Crippen LogP contribution < -0.4 is 10.2 Å². The summed E-state index contributed by atoms with van der Waals surface area (Å²) in [6.07, 6.45) is 3.40. The number of hydrogen-bond acceptors (Lipinski definition) is 6. The van der Waals surface area contributed by atoms with Crippen LogP contribution in [-0.2, 0) is 9.59 Å². The van der Waals surface area contributed by atoms with Crippen molar-refractivity contribution in [3.05, 3.63) is 81.1 Å². The van der Waals surface area contributed by atoms with Crippen LogP contribution in [0.1, 0.15) is 24.7 Å². The minimum absolute atomic E-state index is 0.0151. The summed E-state index contributed by atoms with van der Waals surface area (Å²) >= 11 is 6.50. The number of rotatable bonds is 7. The average Bonchev–Trinajstić information content (AvgIpc) is 3.36. The molecule has 1 fully saturated rings. The number of nitro groups is 1. The van der Waals surface area contributed by atoms with Gasteiger partial charge in [0.1, 0.15) is 11.5 Å². The van der Waals surface area contributed by atoms with Crippen molar-refractivity contribution in [1.82, 2.24) is 4.90 Å². The maximum absolute atomic E-state index is 12.7. The van der Waals surface area contributed by atoms with Crippen LogP contribution in [0.5, 0.6) is 0 Å². The third-order valence-corrected chi connectivity index (χ3v) is 6.51. The molecule has 0 saturated carbocycles. The lowest BCUT2D eigenvalue weighted by atomic mass is 10.1. The molecule has 10 heteroatoms. The smallest absolute Gasteiger partial charge is 0.269 e. The number of anilines is 2. The highest BCUT2D eigenvalue weighted by molar-refractivity contribution is 6.34. The third kappa shape index (κ3) is 6.00. The zero-order chi connectivity index (χ0) is 26.5. The first-order chi connectivity index (χ1) is 17.8. The van der Waals surface area contributed by atoms with Gasteiger partial charge in [-0.15, -0.1) is 0 Å². The molecule has 0 spiro atoms. The molecule has 1 aromatic heterocycles. The summed E-state index contributed by atoms with van der Waals surface area (Å²) in [5, 5.41) is 14.4. The van der Waals surface area contributed by atoms with Crippen molar-refractivity contribution in [3.8, 4) is 11.3 Å². The van der Waals surface area contributed by atoms with Gasteiger partial charge in [0, 0.05) is 56.4 Å². The number of hydrogen-bond donors (Lipinski definition) is 1. The Morgan fingerprint density at radius 2 is 1.89 bits per heavy atom. The number of nitro benzene ring substituents is 1. The van der Waals surface area contributed by atoms with Gasteiger partial charge in [-0.1, -0.05) is 24.6 Å². The van der Waals surface area contributed by atoms with Gasteiger partial charge in [-0.2, -0.15) is 0 Å². The Kier molecular flexibility index (Phi) is 7.93. The fourth-order valence-electron chi connectivity index (χ4n) is 4.30. The monoisotopic (exact) mass is 522 g/mol. The number of nitrogens with one attached hydrogen (secondary N) is 1. The molecule has 0 aliphatic carbocycles. The SMILES string of the molecule is CCC(=O)N1CCN(c2c(Cl)cccc2NC(=O)/C=C/c2ccc(-c3ccc([N+](=O)[O-])cc3C)o2)CC1. The standard InChI is InChI=1S/C27H27ClN4O5/c1-3-26(34)30-13-15-31(16-14-30)27-22(28)5-4-6-23(27)29-25(33)12-9-20-8-11-24(37-20)21-10-7-19(32(35)36)17-18(21)2/h4-12,17H,3,13-16H2,1-2H3,(H,29,33)/b12-9+. The molecular formula is C27H27ClN4O5. The van der Waals surface area contributed by atoms with E-state index in [1.807, 2.05) is 11.8 Å². The first-order valence-corrected chi connectivity index (χ1v) is 12.3. The zero-order valence-corrected chi connectivity index (χ0v) is 21.3. The molecule has 0 unspecified atom stereocenters. The van der Waals surface area contributed by atoms with Gasteiger partial charge in [-0.05, 0) is 48.9 Å². The molecule has 1 aliphatic heterocycles. The highest BCUT2D eigenvalue weighted by Gasteiger charge is 2.23. The lowest BCUT2D eigenvalue weighted by molar-refractivity contribution is -0.384. The van der Waals surface area contributed by atoms with E-state index >= 15 is 0 Å². The van der Waals surface area contributed by atoms with Crippen LogP contribution in [-0.4, -0.2) is 47.8 Å². The summed E-state index contributed by atoms with van der Waals surface area (Å²) in [5.41, 5.74) is 2.77. The molecule has 1 aliphatic rings. The van der Waals surface area contributed by atoms with E-state index < -0.39 is 4.92 Å². The second-order valence-corrected chi connectivity index (χ2v) is 9.05. The number of carbonyl (C=O) groups is 2. The molecule has 192 valence electrons. The van der Waals surface area contributed by atoms with Crippen LogP contribution in [0.4, 0.5) is 17.1 Å². The Balaban J connectivity index is 1.44. The quantitative estimate of drug-likeness (QED) is 0.248. The molecule has 1 saturated heterocycles. The van der Waals surface area contributed by atoms with E-state index in [0.29, 0.717) is 60.4 Å². The Bertz CT molecular complexity index is 1360. The van der Waals surface area contributed by atoms with Crippen molar-refractivity contribution in [3.63, 3.8) is 0 Å². The van der Waals surface area contributed by atoms with E-state index in [9.17, 15) is 19.7 Å². The van der Waals surface area contributed by atoms with Crippen LogP contribution in [0.25, 0.3) is 17.4 Å². The molecular weight excluding hydrogens is 496 g/mol. The van der Waals surface area contributed by atoms with Crippen LogP contribution in [0.15, 0.2) is 59.0 Å². The Morgan fingerprint density at radius 1 is 1.14 bits per heavy atom. The number of para-hydroxylation sites is 1. The van der Waals surface area contributed by atoms with E-state index in [1.54, 1.807) is 49.4 Å². The van der Waals surface area contributed by atoms with E-state index in [0.717, 1.165) is 11.3 Å². The number of furan rings is 1. The summed E-state index contributed by atoms with van der Waals surface area (Å²) < 4.78 is 5.83. The fraction of sp³-hybridized carbons (Fsp3) is 0.259. The number of carbonyl (C=O) groups excluding carboxylic acids is 2. The first kappa shape index (κ1) is 26.0. The molecule has 1 N–H and O–H groups in total. The van der Waals surface area contributed by atoms with Crippen molar-refractivity contribution < 1.29 is 18.9 Å². The summed E-state index contributed by atoms with van der Waals surface area (Å²) in [5.74, 6) is 0.784. The molecule has 9 nitrogen and oxygen atoms in total. The van der Waals surface area contributed by atoms with E-state index in [1.165, 1.54) is 18.2 Å². The van der Waals surface area contributed by atoms with Crippen molar-refractivity contribution >= 4 is 46.6 Å². The molecule has 0 bridgehead atoms. The predicted molar refractivity (Wildman–Crippen MR) is 144 cm³/mol. The Labute approximate surface area is 219 Å². The van der Waals surface area contributed by atoms with Crippen LogP contribution in [0.3, 0.4) is 0 Å². The number of amides is 2. The van der Waals surface area contributed by atoms with Crippen molar-refractivity contribution in [2.75, 3.05) is 36.4 Å². The van der Waals surface area contributed by atoms with Gasteiger partial charge in [0.15, 0.2) is 0 Å². The summed E-state index contributed by atoms with van der Waals surface area (Å²) in [4.78, 5) is 39.2. The van der Waals surface area contributed by atoms with Crippen molar-refractivity contribution in [2.24, 2.45) is 0 Å². The lowest BCUT2D eigenvalue weighted by Crippen LogP contribution is -2.48. The molecule has 4 rings (SSSR count). The molecule has 37 heavy (non-hydrogen) atoms. The molecule has 2 heterocycles. The number of non-ortho nitro benzene ring substituents is 1. The first-order valence-electron chi connectivity index (χ1n) is 11.9. The van der Waals surface area contributed by atoms with Gasteiger partial charge in [-0.3, -0.25) is 19.7 Å². The van der Waals surface area contributed by atoms with Gasteiger partial charge in [0.25, 0.3) is 5.69 Å². The second-order valence-electron chi connectivity index (χ2n) is 8.64. The summed E-state index contributed by atoms with van der Waals surface area (Å²) in [6, 6.07) is 13.4. The Hall–Kier alpha value is -4.11. The van der Waals surface area contributed by atoms with E-state index in [-0.39, 0.29) is 17.5 Å².